The Morgan fingerprint density at radius 1 is 1.12 bits per heavy atom. The van der Waals surface area contributed by atoms with Gasteiger partial charge in [-0.1, -0.05) is 54.2 Å². The van der Waals surface area contributed by atoms with Crippen molar-refractivity contribution in [2.45, 2.75) is 12.8 Å². The molecule has 2 heterocycles. The van der Waals surface area contributed by atoms with Crippen molar-refractivity contribution in [2.75, 3.05) is 18.4 Å². The van der Waals surface area contributed by atoms with Gasteiger partial charge >= 0.3 is 0 Å². The first kappa shape index (κ1) is 16.0. The van der Waals surface area contributed by atoms with E-state index in [2.05, 4.69) is 32.7 Å². The summed E-state index contributed by atoms with van der Waals surface area (Å²) in [6.07, 6.45) is 1.48. The molecular weight excluding hydrogens is 330 g/mol. The lowest BCUT2D eigenvalue weighted by atomic mass is 10.1. The molecule has 0 radical (unpaired) electrons. The summed E-state index contributed by atoms with van der Waals surface area (Å²) in [7, 11) is 0. The monoisotopic (exact) mass is 349 g/mol. The second-order valence-corrected chi connectivity index (χ2v) is 6.91. The van der Waals surface area contributed by atoms with Crippen molar-refractivity contribution in [1.29, 1.82) is 0 Å². The van der Waals surface area contributed by atoms with Crippen LogP contribution in [0.3, 0.4) is 0 Å². The van der Waals surface area contributed by atoms with Gasteiger partial charge in [0.2, 0.25) is 5.91 Å². The van der Waals surface area contributed by atoms with E-state index in [1.165, 1.54) is 5.70 Å². The SMILES string of the molecule is O=C(Cc1ccccc1)Nc1ccc(C2=CSC3=NCCCN23)cc1. The van der Waals surface area contributed by atoms with Crippen LogP contribution in [0.1, 0.15) is 17.5 Å². The molecular formula is C20H19N3OS. The Morgan fingerprint density at radius 2 is 1.92 bits per heavy atom. The second-order valence-electron chi connectivity index (χ2n) is 6.08. The number of hydrogen-bond donors (Lipinski definition) is 1. The third kappa shape index (κ3) is 3.61. The van der Waals surface area contributed by atoms with E-state index in [-0.39, 0.29) is 5.91 Å². The third-order valence-electron chi connectivity index (χ3n) is 4.26. The summed E-state index contributed by atoms with van der Waals surface area (Å²) in [6, 6.07) is 17.8. The normalized spacial score (nSPS) is 16.1. The molecule has 2 aromatic carbocycles. The minimum absolute atomic E-state index is 0.0000348. The first-order valence-electron chi connectivity index (χ1n) is 8.43. The summed E-state index contributed by atoms with van der Waals surface area (Å²) in [5, 5.41) is 6.22. The summed E-state index contributed by atoms with van der Waals surface area (Å²) < 4.78 is 0. The predicted octanol–water partition coefficient (Wildman–Crippen LogP) is 3.97. The van der Waals surface area contributed by atoms with E-state index in [4.69, 9.17) is 0 Å². The van der Waals surface area contributed by atoms with E-state index < -0.39 is 0 Å². The molecule has 0 spiro atoms. The largest absolute Gasteiger partial charge is 0.326 e. The zero-order chi connectivity index (χ0) is 17.1. The highest BCUT2D eigenvalue weighted by Gasteiger charge is 2.25. The van der Waals surface area contributed by atoms with Crippen molar-refractivity contribution < 1.29 is 4.79 Å². The average Bonchev–Trinajstić information content (AvgIpc) is 3.07. The molecule has 0 unspecified atom stereocenters. The second kappa shape index (κ2) is 7.15. The highest BCUT2D eigenvalue weighted by Crippen LogP contribution is 2.35. The van der Waals surface area contributed by atoms with E-state index in [1.807, 2.05) is 42.5 Å². The topological polar surface area (TPSA) is 44.7 Å². The summed E-state index contributed by atoms with van der Waals surface area (Å²) in [5.41, 5.74) is 4.19. The molecule has 5 heteroatoms. The number of fused-ring (bicyclic) bond motifs is 1. The lowest BCUT2D eigenvalue weighted by Crippen LogP contribution is -2.28. The van der Waals surface area contributed by atoms with E-state index in [9.17, 15) is 4.79 Å². The average molecular weight is 349 g/mol. The molecule has 2 aliphatic heterocycles. The molecule has 2 aromatic rings. The number of carbonyl (C=O) groups is 1. The zero-order valence-electron chi connectivity index (χ0n) is 13.8. The van der Waals surface area contributed by atoms with Crippen LogP contribution >= 0.6 is 11.8 Å². The molecule has 1 amide bonds. The standard InChI is InChI=1S/C20H19N3OS/c24-19(13-15-5-2-1-3-6-15)22-17-9-7-16(8-10-17)18-14-25-20-21-11-4-12-23(18)20/h1-3,5-10,14H,4,11-13H2,(H,22,24). The van der Waals surface area contributed by atoms with Gasteiger partial charge in [-0.2, -0.15) is 0 Å². The Bertz CT molecular complexity index is 828. The molecule has 0 saturated carbocycles. The van der Waals surface area contributed by atoms with Gasteiger partial charge in [0.05, 0.1) is 12.1 Å². The minimum Gasteiger partial charge on any atom is -0.326 e. The molecule has 0 aliphatic carbocycles. The van der Waals surface area contributed by atoms with Crippen molar-refractivity contribution in [3.8, 4) is 0 Å². The zero-order valence-corrected chi connectivity index (χ0v) is 14.6. The van der Waals surface area contributed by atoms with Gasteiger partial charge in [0.25, 0.3) is 0 Å². The maximum atomic E-state index is 12.2. The Morgan fingerprint density at radius 3 is 2.72 bits per heavy atom. The van der Waals surface area contributed by atoms with Crippen molar-refractivity contribution in [3.05, 3.63) is 71.1 Å². The molecule has 4 nitrogen and oxygen atoms in total. The van der Waals surface area contributed by atoms with Crippen molar-refractivity contribution in [2.24, 2.45) is 4.99 Å². The molecule has 0 atom stereocenters. The first-order chi connectivity index (χ1) is 12.3. The quantitative estimate of drug-likeness (QED) is 0.908. The van der Waals surface area contributed by atoms with Crippen LogP contribution in [0, 0.1) is 0 Å². The van der Waals surface area contributed by atoms with E-state index in [0.29, 0.717) is 6.42 Å². The number of anilines is 1. The number of hydrogen-bond acceptors (Lipinski definition) is 4. The maximum absolute atomic E-state index is 12.2. The molecule has 0 saturated heterocycles. The van der Waals surface area contributed by atoms with E-state index in [0.717, 1.165) is 41.5 Å². The van der Waals surface area contributed by atoms with Gasteiger partial charge < -0.3 is 10.2 Å². The fourth-order valence-corrected chi connectivity index (χ4v) is 3.98. The van der Waals surface area contributed by atoms with Gasteiger partial charge in [0, 0.05) is 24.2 Å². The smallest absolute Gasteiger partial charge is 0.228 e. The number of aliphatic imine (C=N–C) groups is 1. The van der Waals surface area contributed by atoms with Crippen LogP contribution < -0.4 is 5.32 Å². The molecule has 0 bridgehead atoms. The minimum atomic E-state index is 0.0000348. The van der Waals surface area contributed by atoms with Crippen LogP contribution in [0.4, 0.5) is 5.69 Å². The lowest BCUT2D eigenvalue weighted by molar-refractivity contribution is -0.115. The van der Waals surface area contributed by atoms with Gasteiger partial charge in [-0.3, -0.25) is 9.79 Å². The Hall–Kier alpha value is -2.53. The molecule has 126 valence electrons. The van der Waals surface area contributed by atoms with Crippen molar-refractivity contribution in [3.63, 3.8) is 0 Å². The predicted molar refractivity (Wildman–Crippen MR) is 104 cm³/mol. The fourth-order valence-electron chi connectivity index (χ4n) is 3.02. The Kier molecular flexibility index (Phi) is 4.57. The first-order valence-corrected chi connectivity index (χ1v) is 9.30. The lowest BCUT2D eigenvalue weighted by Gasteiger charge is -2.25. The van der Waals surface area contributed by atoms with Gasteiger partial charge in [0.1, 0.15) is 0 Å². The summed E-state index contributed by atoms with van der Waals surface area (Å²) in [5.74, 6) is 0.0000348. The van der Waals surface area contributed by atoms with Crippen LogP contribution in [0.5, 0.6) is 0 Å². The number of thioether (sulfide) groups is 1. The summed E-state index contributed by atoms with van der Waals surface area (Å²) in [6.45, 7) is 1.94. The molecule has 0 fully saturated rings. The van der Waals surface area contributed by atoms with Crippen LogP contribution in [0.25, 0.3) is 5.70 Å². The number of amides is 1. The molecule has 1 N–H and O–H groups in total. The fraction of sp³-hybridized carbons (Fsp3) is 0.200. The number of benzene rings is 2. The van der Waals surface area contributed by atoms with E-state index in [1.54, 1.807) is 11.8 Å². The Balaban J connectivity index is 1.41. The number of carbonyl (C=O) groups excluding carboxylic acids is 1. The number of rotatable bonds is 4. The highest BCUT2D eigenvalue weighted by molar-refractivity contribution is 8.16. The summed E-state index contributed by atoms with van der Waals surface area (Å²) >= 11 is 1.69. The third-order valence-corrected chi connectivity index (χ3v) is 5.16. The molecule has 0 aromatic heterocycles. The number of nitrogens with zero attached hydrogens (tertiary/aromatic N) is 2. The number of amidine groups is 1. The van der Waals surface area contributed by atoms with Crippen LogP contribution in [0.15, 0.2) is 65.0 Å². The van der Waals surface area contributed by atoms with Crippen LogP contribution in [0.2, 0.25) is 0 Å². The van der Waals surface area contributed by atoms with Crippen LogP contribution in [-0.2, 0) is 11.2 Å². The molecule has 25 heavy (non-hydrogen) atoms. The van der Waals surface area contributed by atoms with Gasteiger partial charge in [0.15, 0.2) is 5.17 Å². The van der Waals surface area contributed by atoms with Crippen LogP contribution in [-0.4, -0.2) is 29.1 Å². The highest BCUT2D eigenvalue weighted by atomic mass is 32.2. The van der Waals surface area contributed by atoms with Crippen molar-refractivity contribution in [1.82, 2.24) is 4.90 Å². The maximum Gasteiger partial charge on any atom is 0.228 e. The number of nitrogens with one attached hydrogen (secondary N) is 1. The van der Waals surface area contributed by atoms with E-state index >= 15 is 0 Å². The molecule has 4 rings (SSSR count). The van der Waals surface area contributed by atoms with Gasteiger partial charge in [-0.15, -0.1) is 0 Å². The van der Waals surface area contributed by atoms with Crippen molar-refractivity contribution >= 4 is 34.2 Å². The molecule has 2 aliphatic rings. The van der Waals surface area contributed by atoms with Gasteiger partial charge in [-0.05, 0) is 29.7 Å². The Labute approximate surface area is 151 Å². The summed E-state index contributed by atoms with van der Waals surface area (Å²) in [4.78, 5) is 19.0. The van der Waals surface area contributed by atoms with Gasteiger partial charge in [-0.25, -0.2) is 0 Å².